The van der Waals surface area contributed by atoms with E-state index in [0.29, 0.717) is 18.1 Å². The normalized spacial score (nSPS) is 9.33. The van der Waals surface area contributed by atoms with Crippen LogP contribution in [0.5, 0.6) is 0 Å². The van der Waals surface area contributed by atoms with Crippen LogP contribution in [-0.2, 0) is 4.79 Å². The summed E-state index contributed by atoms with van der Waals surface area (Å²) in [6.45, 7) is 2.62. The van der Waals surface area contributed by atoms with Gasteiger partial charge in [0.05, 0.1) is 6.54 Å². The summed E-state index contributed by atoms with van der Waals surface area (Å²) in [6.07, 6.45) is 0. The maximum atomic E-state index is 10.8. The molecule has 0 unspecified atom stereocenters. The molecule has 0 saturated carbocycles. The SMILES string of the molecule is CCN(CC(N)=O)c1cccc(C#N)n1. The van der Waals surface area contributed by atoms with E-state index < -0.39 is 5.91 Å². The fraction of sp³-hybridized carbons (Fsp3) is 0.300. The third-order valence-corrected chi connectivity index (χ3v) is 1.90. The molecule has 0 atom stereocenters. The highest BCUT2D eigenvalue weighted by atomic mass is 16.1. The van der Waals surface area contributed by atoms with Crippen molar-refractivity contribution >= 4 is 11.7 Å². The Balaban J connectivity index is 2.92. The average Bonchev–Trinajstić information content (AvgIpc) is 2.25. The van der Waals surface area contributed by atoms with E-state index >= 15 is 0 Å². The minimum atomic E-state index is -0.416. The molecule has 0 radical (unpaired) electrons. The Kier molecular flexibility index (Phi) is 3.63. The van der Waals surface area contributed by atoms with Gasteiger partial charge in [-0.2, -0.15) is 5.26 Å². The molecular weight excluding hydrogens is 192 g/mol. The first-order chi connectivity index (χ1) is 7.17. The maximum Gasteiger partial charge on any atom is 0.236 e. The van der Waals surface area contributed by atoms with E-state index in [9.17, 15) is 4.79 Å². The van der Waals surface area contributed by atoms with E-state index in [2.05, 4.69) is 4.98 Å². The maximum absolute atomic E-state index is 10.8. The molecule has 0 spiro atoms. The number of hydrogen-bond donors (Lipinski definition) is 1. The standard InChI is InChI=1S/C10H12N4O/c1-2-14(7-9(12)15)10-5-3-4-8(6-11)13-10/h3-5H,2,7H2,1H3,(H2,12,15). The zero-order valence-electron chi connectivity index (χ0n) is 8.47. The van der Waals surface area contributed by atoms with Gasteiger partial charge < -0.3 is 10.6 Å². The van der Waals surface area contributed by atoms with Gasteiger partial charge in [-0.05, 0) is 19.1 Å². The zero-order chi connectivity index (χ0) is 11.3. The molecule has 0 aliphatic heterocycles. The van der Waals surface area contributed by atoms with Crippen molar-refractivity contribution in [1.82, 2.24) is 4.98 Å². The monoisotopic (exact) mass is 204 g/mol. The number of nitriles is 1. The van der Waals surface area contributed by atoms with Crippen LogP contribution in [0.1, 0.15) is 12.6 Å². The molecule has 0 bridgehead atoms. The second kappa shape index (κ2) is 4.96. The molecule has 2 N–H and O–H groups in total. The fourth-order valence-corrected chi connectivity index (χ4v) is 1.20. The summed E-state index contributed by atoms with van der Waals surface area (Å²) in [7, 11) is 0. The quantitative estimate of drug-likeness (QED) is 0.762. The van der Waals surface area contributed by atoms with Crippen LogP contribution >= 0.6 is 0 Å². The molecule has 5 heteroatoms. The summed E-state index contributed by atoms with van der Waals surface area (Å²) >= 11 is 0. The lowest BCUT2D eigenvalue weighted by Gasteiger charge is -2.19. The summed E-state index contributed by atoms with van der Waals surface area (Å²) in [5, 5.41) is 8.68. The number of pyridine rings is 1. The largest absolute Gasteiger partial charge is 0.368 e. The predicted molar refractivity (Wildman–Crippen MR) is 56.0 cm³/mol. The lowest BCUT2D eigenvalue weighted by molar-refractivity contribution is -0.116. The Morgan fingerprint density at radius 1 is 1.67 bits per heavy atom. The average molecular weight is 204 g/mol. The Bertz CT molecular complexity index is 397. The number of nitrogens with two attached hydrogens (primary N) is 1. The molecule has 1 aromatic heterocycles. The number of likely N-dealkylation sites (N-methyl/N-ethyl adjacent to an activating group) is 1. The first-order valence-corrected chi connectivity index (χ1v) is 4.57. The van der Waals surface area contributed by atoms with Gasteiger partial charge in [-0.15, -0.1) is 0 Å². The summed E-state index contributed by atoms with van der Waals surface area (Å²) in [5.74, 6) is 0.177. The molecule has 15 heavy (non-hydrogen) atoms. The Labute approximate surface area is 88.1 Å². The van der Waals surface area contributed by atoms with Gasteiger partial charge in [-0.3, -0.25) is 4.79 Å². The van der Waals surface area contributed by atoms with Crippen LogP contribution in [0.2, 0.25) is 0 Å². The van der Waals surface area contributed by atoms with Crippen molar-refractivity contribution in [2.75, 3.05) is 18.0 Å². The second-order valence-corrected chi connectivity index (χ2v) is 2.97. The van der Waals surface area contributed by atoms with Crippen LogP contribution < -0.4 is 10.6 Å². The van der Waals surface area contributed by atoms with E-state index in [0.717, 1.165) is 0 Å². The Hall–Kier alpha value is -2.09. The lowest BCUT2D eigenvalue weighted by atomic mass is 10.3. The number of aromatic nitrogens is 1. The second-order valence-electron chi connectivity index (χ2n) is 2.97. The summed E-state index contributed by atoms with van der Waals surface area (Å²) in [4.78, 5) is 16.6. The lowest BCUT2D eigenvalue weighted by Crippen LogP contribution is -2.34. The van der Waals surface area contributed by atoms with Gasteiger partial charge in [0, 0.05) is 6.54 Å². The molecule has 0 aliphatic carbocycles. The minimum absolute atomic E-state index is 0.110. The van der Waals surface area contributed by atoms with Crippen LogP contribution in [0.25, 0.3) is 0 Å². The Morgan fingerprint density at radius 3 is 2.93 bits per heavy atom. The smallest absolute Gasteiger partial charge is 0.236 e. The highest BCUT2D eigenvalue weighted by molar-refractivity contribution is 5.79. The Morgan fingerprint density at radius 2 is 2.40 bits per heavy atom. The van der Waals surface area contributed by atoms with Crippen molar-refractivity contribution < 1.29 is 4.79 Å². The predicted octanol–water partition coefficient (Wildman–Crippen LogP) is 0.265. The minimum Gasteiger partial charge on any atom is -0.368 e. The van der Waals surface area contributed by atoms with Crippen LogP contribution in [0.4, 0.5) is 5.82 Å². The number of nitrogens with zero attached hydrogens (tertiary/aromatic N) is 3. The number of hydrogen-bond acceptors (Lipinski definition) is 4. The van der Waals surface area contributed by atoms with E-state index in [1.165, 1.54) is 0 Å². The summed E-state index contributed by atoms with van der Waals surface area (Å²) in [5.41, 5.74) is 5.43. The van der Waals surface area contributed by atoms with Gasteiger partial charge in [0.2, 0.25) is 5.91 Å². The first-order valence-electron chi connectivity index (χ1n) is 4.57. The number of amides is 1. The van der Waals surface area contributed by atoms with Gasteiger partial charge in [-0.1, -0.05) is 6.07 Å². The number of primary amides is 1. The highest BCUT2D eigenvalue weighted by Crippen LogP contribution is 2.10. The summed E-state index contributed by atoms with van der Waals surface area (Å²) < 4.78 is 0. The van der Waals surface area contributed by atoms with Crippen molar-refractivity contribution in [3.63, 3.8) is 0 Å². The topological polar surface area (TPSA) is 83.0 Å². The number of rotatable bonds is 4. The molecule has 0 saturated heterocycles. The van der Waals surface area contributed by atoms with Crippen molar-refractivity contribution in [3.8, 4) is 6.07 Å². The third-order valence-electron chi connectivity index (χ3n) is 1.90. The van der Waals surface area contributed by atoms with Gasteiger partial charge in [0.15, 0.2) is 0 Å². The van der Waals surface area contributed by atoms with Gasteiger partial charge in [0.1, 0.15) is 17.6 Å². The van der Waals surface area contributed by atoms with Crippen molar-refractivity contribution in [1.29, 1.82) is 5.26 Å². The molecule has 1 aromatic rings. The van der Waals surface area contributed by atoms with E-state index in [1.807, 2.05) is 13.0 Å². The number of carbonyl (C=O) groups excluding carboxylic acids is 1. The van der Waals surface area contributed by atoms with Gasteiger partial charge in [-0.25, -0.2) is 4.98 Å². The molecule has 0 fully saturated rings. The molecule has 0 aromatic carbocycles. The number of anilines is 1. The number of carbonyl (C=O) groups is 1. The van der Waals surface area contributed by atoms with E-state index in [4.69, 9.17) is 11.0 Å². The zero-order valence-corrected chi connectivity index (χ0v) is 8.47. The third kappa shape index (κ3) is 2.95. The molecule has 1 rings (SSSR count). The van der Waals surface area contributed by atoms with E-state index in [1.54, 1.807) is 23.1 Å². The molecular formula is C10H12N4O. The van der Waals surface area contributed by atoms with Crippen LogP contribution in [0.15, 0.2) is 18.2 Å². The van der Waals surface area contributed by atoms with Crippen LogP contribution in [-0.4, -0.2) is 24.0 Å². The van der Waals surface area contributed by atoms with Crippen molar-refractivity contribution in [2.24, 2.45) is 5.73 Å². The molecule has 0 aliphatic rings. The van der Waals surface area contributed by atoms with E-state index in [-0.39, 0.29) is 6.54 Å². The summed E-state index contributed by atoms with van der Waals surface area (Å²) in [6, 6.07) is 7.03. The van der Waals surface area contributed by atoms with Crippen molar-refractivity contribution in [2.45, 2.75) is 6.92 Å². The molecule has 1 amide bonds. The molecule has 78 valence electrons. The fourth-order valence-electron chi connectivity index (χ4n) is 1.20. The van der Waals surface area contributed by atoms with Gasteiger partial charge >= 0.3 is 0 Å². The van der Waals surface area contributed by atoms with Gasteiger partial charge in [0.25, 0.3) is 0 Å². The van der Waals surface area contributed by atoms with Crippen LogP contribution in [0, 0.1) is 11.3 Å². The first kappa shape index (κ1) is 11.0. The highest BCUT2D eigenvalue weighted by Gasteiger charge is 2.08. The molecule has 1 heterocycles. The molecule has 5 nitrogen and oxygen atoms in total. The van der Waals surface area contributed by atoms with Crippen molar-refractivity contribution in [3.05, 3.63) is 23.9 Å². The van der Waals surface area contributed by atoms with Crippen LogP contribution in [0.3, 0.4) is 0 Å².